The van der Waals surface area contributed by atoms with Crippen LogP contribution in [0.1, 0.15) is 111 Å². The van der Waals surface area contributed by atoms with Crippen LogP contribution >= 0.6 is 0 Å². The minimum atomic E-state index is -1.38. The average Bonchev–Trinajstić information content (AvgIpc) is 2.90. The number of carboxylic acid groups (broad SMARTS) is 1. The van der Waals surface area contributed by atoms with E-state index in [4.69, 9.17) is 24.7 Å². The molecule has 0 aliphatic rings. The molecule has 0 saturated carbocycles. The van der Waals surface area contributed by atoms with Gasteiger partial charge in [0.1, 0.15) is 18.2 Å². The molecule has 3 N–H and O–H groups in total. The average molecular weight is 580 g/mol. The maximum atomic E-state index is 12.6. The van der Waals surface area contributed by atoms with Crippen LogP contribution in [0.5, 0.6) is 11.5 Å². The summed E-state index contributed by atoms with van der Waals surface area (Å²) in [5.41, 5.74) is 6.56. The number of carbonyl (C=O) groups is 4. The maximum Gasteiger partial charge on any atom is 0.508 e. The third kappa shape index (κ3) is 12.5. The molecule has 1 aromatic rings. The highest BCUT2D eigenvalue weighted by atomic mass is 16.7. The van der Waals surface area contributed by atoms with Crippen LogP contribution in [0.3, 0.4) is 0 Å². The summed E-state index contributed by atoms with van der Waals surface area (Å²) in [4.78, 5) is 49.4. The van der Waals surface area contributed by atoms with Crippen LogP contribution in [0.4, 0.5) is 4.79 Å². The van der Waals surface area contributed by atoms with Gasteiger partial charge in [0.25, 0.3) is 0 Å². The molecule has 1 aromatic carbocycles. The van der Waals surface area contributed by atoms with Crippen LogP contribution in [-0.2, 0) is 23.9 Å². The van der Waals surface area contributed by atoms with Gasteiger partial charge >= 0.3 is 24.1 Å². The lowest BCUT2D eigenvalue weighted by molar-refractivity contribution is -0.140. The Morgan fingerprint density at radius 3 is 1.78 bits per heavy atom. The fourth-order valence-corrected chi connectivity index (χ4v) is 4.14. The summed E-state index contributed by atoms with van der Waals surface area (Å²) >= 11 is 0. The van der Waals surface area contributed by atoms with E-state index in [1.54, 1.807) is 26.8 Å². The van der Waals surface area contributed by atoms with E-state index in [0.717, 1.165) is 25.7 Å². The van der Waals surface area contributed by atoms with Crippen molar-refractivity contribution >= 4 is 24.1 Å². The monoisotopic (exact) mass is 579 g/mol. The molecule has 0 aliphatic heterocycles. The molecule has 0 fully saturated rings. The van der Waals surface area contributed by atoms with E-state index in [1.165, 1.54) is 12.1 Å². The molecule has 0 bridgehead atoms. The maximum absolute atomic E-state index is 12.6. The lowest BCUT2D eigenvalue weighted by Crippen LogP contribution is -2.43. The Kier molecular flexibility index (Phi) is 16.0. The highest BCUT2D eigenvalue weighted by Crippen LogP contribution is 2.37. The summed E-state index contributed by atoms with van der Waals surface area (Å²) in [5, 5.41) is 9.81. The number of hydrogen-bond acceptors (Lipinski definition) is 9. The first kappa shape index (κ1) is 35.9. The number of rotatable bonds is 18. The normalized spacial score (nSPS) is 14.9. The largest absolute Gasteiger partial charge is 0.508 e. The molecule has 10 nitrogen and oxygen atoms in total. The number of hydrogen-bond donors (Lipinski definition) is 2. The van der Waals surface area contributed by atoms with Gasteiger partial charge in [0, 0.05) is 24.7 Å². The molecule has 1 rings (SSSR count). The highest BCUT2D eigenvalue weighted by Gasteiger charge is 2.36. The quantitative estimate of drug-likeness (QED) is 0.114. The van der Waals surface area contributed by atoms with Crippen molar-refractivity contribution in [3.63, 3.8) is 0 Å². The number of benzene rings is 1. The number of carbonyl (C=O) groups excluding carboxylic acids is 3. The van der Waals surface area contributed by atoms with Gasteiger partial charge in [-0.2, -0.15) is 0 Å². The zero-order chi connectivity index (χ0) is 31.1. The smallest absolute Gasteiger partial charge is 0.480 e. The second kappa shape index (κ2) is 18.3. The first-order valence-corrected chi connectivity index (χ1v) is 14.7. The van der Waals surface area contributed by atoms with Crippen LogP contribution in [0.15, 0.2) is 18.2 Å². The predicted molar refractivity (Wildman–Crippen MR) is 155 cm³/mol. The second-order valence-electron chi connectivity index (χ2n) is 11.0. The van der Waals surface area contributed by atoms with Gasteiger partial charge in [-0.25, -0.2) is 4.79 Å². The van der Waals surface area contributed by atoms with Gasteiger partial charge in [-0.1, -0.05) is 66.4 Å². The number of esters is 2. The van der Waals surface area contributed by atoms with Gasteiger partial charge in [-0.3, -0.25) is 14.4 Å². The fourth-order valence-electron chi connectivity index (χ4n) is 4.14. The third-order valence-electron chi connectivity index (χ3n) is 7.25. The van der Waals surface area contributed by atoms with Crippen molar-refractivity contribution in [1.29, 1.82) is 0 Å². The van der Waals surface area contributed by atoms with E-state index in [1.807, 2.05) is 27.7 Å². The van der Waals surface area contributed by atoms with Crippen molar-refractivity contribution in [2.24, 2.45) is 17.6 Å². The number of unbranched alkanes of at least 4 members (excludes halogenated alkanes) is 4. The Morgan fingerprint density at radius 1 is 0.780 bits per heavy atom. The van der Waals surface area contributed by atoms with Crippen molar-refractivity contribution in [2.45, 2.75) is 124 Å². The van der Waals surface area contributed by atoms with Crippen LogP contribution in [0.2, 0.25) is 0 Å². The molecule has 0 saturated heterocycles. The molecule has 0 spiro atoms. The summed E-state index contributed by atoms with van der Waals surface area (Å²) in [6.07, 6.45) is 3.32. The van der Waals surface area contributed by atoms with Gasteiger partial charge < -0.3 is 29.8 Å². The minimum absolute atomic E-state index is 0.00127. The van der Waals surface area contributed by atoms with Crippen LogP contribution in [0.25, 0.3) is 0 Å². The SMILES string of the molecule is CCCCCC(=O)Oc1ccc(C(C(C)C(C)OC(=O)OC(C)C(C)C)[C@H](N)C(=O)O)cc1OC(=O)CCCCC. The molecule has 0 amide bonds. The topological polar surface area (TPSA) is 151 Å². The summed E-state index contributed by atoms with van der Waals surface area (Å²) in [6.45, 7) is 13.0. The minimum Gasteiger partial charge on any atom is -0.480 e. The summed E-state index contributed by atoms with van der Waals surface area (Å²) in [5.74, 6) is -3.50. The van der Waals surface area contributed by atoms with E-state index >= 15 is 0 Å². The van der Waals surface area contributed by atoms with E-state index in [0.29, 0.717) is 18.4 Å². The highest BCUT2D eigenvalue weighted by molar-refractivity contribution is 5.77. The van der Waals surface area contributed by atoms with Crippen molar-refractivity contribution in [3.05, 3.63) is 23.8 Å². The van der Waals surface area contributed by atoms with E-state index in [9.17, 15) is 24.3 Å². The zero-order valence-corrected chi connectivity index (χ0v) is 25.6. The Hall–Kier alpha value is -3.14. The zero-order valence-electron chi connectivity index (χ0n) is 25.6. The molecular formula is C31H49NO9. The summed E-state index contributed by atoms with van der Waals surface area (Å²) in [6, 6.07) is 3.15. The number of aliphatic carboxylic acids is 1. The first-order valence-electron chi connectivity index (χ1n) is 14.7. The van der Waals surface area contributed by atoms with Crippen molar-refractivity contribution in [3.8, 4) is 11.5 Å². The number of ether oxygens (including phenoxy) is 4. The van der Waals surface area contributed by atoms with Gasteiger partial charge in [-0.05, 0) is 50.3 Å². The van der Waals surface area contributed by atoms with Crippen molar-refractivity contribution in [2.75, 3.05) is 0 Å². The van der Waals surface area contributed by atoms with Gasteiger partial charge in [0.2, 0.25) is 0 Å². The van der Waals surface area contributed by atoms with Gasteiger partial charge in [0.15, 0.2) is 11.5 Å². The Labute approximate surface area is 244 Å². The number of carboxylic acids is 1. The molecule has 232 valence electrons. The molecule has 0 aromatic heterocycles. The van der Waals surface area contributed by atoms with E-state index < -0.39 is 48.0 Å². The summed E-state index contributed by atoms with van der Waals surface area (Å²) < 4.78 is 21.9. The van der Waals surface area contributed by atoms with Crippen molar-refractivity contribution < 1.29 is 43.2 Å². The molecular weight excluding hydrogens is 530 g/mol. The standard InChI is InChI=1S/C31H49NO9/c1-8-10-12-14-26(33)40-24-17-16-23(18-25(24)41-27(34)15-13-11-9-2)28(29(32)30(35)36)20(5)22(7)39-31(37)38-21(6)19(3)4/h16-22,28-29H,8-15,32H2,1-7H3,(H,35,36)/t20?,21?,22?,28?,29-/m0/s1. The molecule has 10 heteroatoms. The molecule has 5 atom stereocenters. The molecule has 0 heterocycles. The van der Waals surface area contributed by atoms with Gasteiger partial charge in [0.05, 0.1) is 0 Å². The Balaban J connectivity index is 3.34. The van der Waals surface area contributed by atoms with Crippen LogP contribution in [-0.4, -0.2) is 47.4 Å². The molecule has 4 unspecified atom stereocenters. The third-order valence-corrected chi connectivity index (χ3v) is 7.25. The van der Waals surface area contributed by atoms with Gasteiger partial charge in [-0.15, -0.1) is 0 Å². The Morgan fingerprint density at radius 2 is 1.29 bits per heavy atom. The lowest BCUT2D eigenvalue weighted by atomic mass is 9.79. The van der Waals surface area contributed by atoms with E-state index in [-0.39, 0.29) is 36.4 Å². The van der Waals surface area contributed by atoms with Crippen molar-refractivity contribution in [1.82, 2.24) is 0 Å². The Bertz CT molecular complexity index is 994. The number of nitrogens with two attached hydrogens (primary N) is 1. The molecule has 41 heavy (non-hydrogen) atoms. The second-order valence-corrected chi connectivity index (χ2v) is 11.0. The lowest BCUT2D eigenvalue weighted by Gasteiger charge is -2.32. The first-order chi connectivity index (χ1) is 19.3. The van der Waals surface area contributed by atoms with E-state index in [2.05, 4.69) is 0 Å². The van der Waals surface area contributed by atoms with Crippen LogP contribution < -0.4 is 15.2 Å². The fraction of sp³-hybridized carbons (Fsp3) is 0.677. The summed E-state index contributed by atoms with van der Waals surface area (Å²) in [7, 11) is 0. The van der Waals surface area contributed by atoms with Crippen LogP contribution in [0, 0.1) is 11.8 Å². The molecule has 0 aliphatic carbocycles. The molecule has 0 radical (unpaired) electrons. The predicted octanol–water partition coefficient (Wildman–Crippen LogP) is 6.38.